The molecule has 2 aromatic carbocycles. The van der Waals surface area contributed by atoms with Crippen LogP contribution in [0.25, 0.3) is 0 Å². The van der Waals surface area contributed by atoms with E-state index in [-0.39, 0.29) is 13.4 Å². The normalized spacial score (nSPS) is 12.2. The third-order valence-electron chi connectivity index (χ3n) is 3.73. The summed E-state index contributed by atoms with van der Waals surface area (Å²) in [6, 6.07) is 14.9. The van der Waals surface area contributed by atoms with Crippen LogP contribution in [0.2, 0.25) is 0 Å². The number of benzene rings is 2. The van der Waals surface area contributed by atoms with Crippen LogP contribution in [0, 0.1) is 0 Å². The zero-order valence-corrected chi connectivity index (χ0v) is 13.3. The fourth-order valence-corrected chi connectivity index (χ4v) is 2.50. The predicted octanol–water partition coefficient (Wildman–Crippen LogP) is 2.41. The van der Waals surface area contributed by atoms with Crippen LogP contribution in [0.5, 0.6) is 11.5 Å². The lowest BCUT2D eigenvalue weighted by atomic mass is 10.2. The molecule has 0 atom stereocenters. The molecule has 0 fully saturated rings. The summed E-state index contributed by atoms with van der Waals surface area (Å²) in [7, 11) is 0. The van der Waals surface area contributed by atoms with Crippen molar-refractivity contribution >= 4 is 5.97 Å². The summed E-state index contributed by atoms with van der Waals surface area (Å²) in [4.78, 5) is 12.1. The highest BCUT2D eigenvalue weighted by atomic mass is 16.7. The van der Waals surface area contributed by atoms with Crippen LogP contribution in [-0.4, -0.2) is 27.8 Å². The summed E-state index contributed by atoms with van der Waals surface area (Å²) in [6.07, 6.45) is 1.76. The molecule has 7 nitrogen and oxygen atoms in total. The average molecular weight is 337 g/mol. The maximum absolute atomic E-state index is 12.1. The first-order valence-corrected chi connectivity index (χ1v) is 7.78. The molecule has 25 heavy (non-hydrogen) atoms. The van der Waals surface area contributed by atoms with E-state index in [2.05, 4.69) is 10.3 Å². The number of nitrogens with zero attached hydrogens (tertiary/aromatic N) is 3. The van der Waals surface area contributed by atoms with E-state index in [1.165, 1.54) is 0 Å². The van der Waals surface area contributed by atoms with Crippen LogP contribution in [0.1, 0.15) is 21.6 Å². The van der Waals surface area contributed by atoms with E-state index < -0.39 is 5.97 Å². The van der Waals surface area contributed by atoms with E-state index in [1.807, 2.05) is 30.3 Å². The van der Waals surface area contributed by atoms with Gasteiger partial charge in [-0.25, -0.2) is 9.48 Å². The molecule has 1 aliphatic rings. The number of aromatic nitrogens is 3. The predicted molar refractivity (Wildman–Crippen MR) is 87.3 cm³/mol. The average Bonchev–Trinajstić information content (AvgIpc) is 3.29. The lowest BCUT2D eigenvalue weighted by Crippen LogP contribution is -2.05. The second kappa shape index (κ2) is 6.64. The highest BCUT2D eigenvalue weighted by molar-refractivity contribution is 5.90. The Morgan fingerprint density at radius 3 is 2.84 bits per heavy atom. The minimum absolute atomic E-state index is 0.0576. The van der Waals surface area contributed by atoms with E-state index in [0.29, 0.717) is 29.3 Å². The Hall–Kier alpha value is -3.35. The van der Waals surface area contributed by atoms with Crippen molar-refractivity contribution in [2.45, 2.75) is 13.2 Å². The number of esters is 1. The largest absolute Gasteiger partial charge is 0.455 e. The van der Waals surface area contributed by atoms with E-state index in [1.54, 1.807) is 29.1 Å². The van der Waals surface area contributed by atoms with Crippen molar-refractivity contribution in [3.63, 3.8) is 0 Å². The highest BCUT2D eigenvalue weighted by Gasteiger charge is 2.17. The number of carbonyl (C=O) groups excluding carboxylic acids is 1. The summed E-state index contributed by atoms with van der Waals surface area (Å²) in [5.41, 5.74) is 2.11. The summed E-state index contributed by atoms with van der Waals surface area (Å²) in [5.74, 6) is 0.722. The van der Waals surface area contributed by atoms with E-state index in [4.69, 9.17) is 14.2 Å². The maximum atomic E-state index is 12.1. The Labute approximate surface area is 143 Å². The minimum atomic E-state index is -0.448. The molecule has 0 radical (unpaired) electrons. The van der Waals surface area contributed by atoms with Gasteiger partial charge in [0.2, 0.25) is 6.79 Å². The molecule has 4 rings (SSSR count). The Morgan fingerprint density at radius 2 is 1.96 bits per heavy atom. The van der Waals surface area contributed by atoms with Crippen molar-refractivity contribution in [1.82, 2.24) is 15.0 Å². The van der Waals surface area contributed by atoms with Crippen LogP contribution in [0.3, 0.4) is 0 Å². The molecule has 0 bridgehead atoms. The number of ether oxygens (including phenoxy) is 3. The summed E-state index contributed by atoms with van der Waals surface area (Å²) in [5, 5.41) is 8.08. The fourth-order valence-electron chi connectivity index (χ4n) is 2.50. The van der Waals surface area contributed by atoms with E-state index in [0.717, 1.165) is 5.56 Å². The van der Waals surface area contributed by atoms with Gasteiger partial charge in [0.05, 0.1) is 18.3 Å². The van der Waals surface area contributed by atoms with Crippen molar-refractivity contribution in [2.75, 3.05) is 6.79 Å². The molecule has 0 N–H and O–H groups in total. The Bertz CT molecular complexity index is 892. The fraction of sp³-hybridized carbons (Fsp3) is 0.167. The summed E-state index contributed by atoms with van der Waals surface area (Å²) >= 11 is 0. The number of fused-ring (bicyclic) bond motifs is 1. The molecular formula is C18H15N3O4. The maximum Gasteiger partial charge on any atom is 0.338 e. The molecule has 2 heterocycles. The van der Waals surface area contributed by atoms with Gasteiger partial charge in [-0.15, -0.1) is 5.10 Å². The molecular weight excluding hydrogens is 322 g/mol. The van der Waals surface area contributed by atoms with E-state index in [9.17, 15) is 4.79 Å². The van der Waals surface area contributed by atoms with Crippen LogP contribution < -0.4 is 9.47 Å². The third kappa shape index (κ3) is 3.45. The number of hydrogen-bond acceptors (Lipinski definition) is 6. The van der Waals surface area contributed by atoms with Crippen LogP contribution >= 0.6 is 0 Å². The topological polar surface area (TPSA) is 75.5 Å². The molecule has 1 aromatic heterocycles. The van der Waals surface area contributed by atoms with Gasteiger partial charge in [0.25, 0.3) is 0 Å². The number of rotatable bonds is 5. The SMILES string of the molecule is O=C(OCc1cn(Cc2ccccc2)nn1)c1ccc2c(c1)OCO2. The van der Waals surface area contributed by atoms with Crippen molar-refractivity contribution in [3.05, 3.63) is 71.5 Å². The molecule has 0 amide bonds. The molecule has 126 valence electrons. The molecule has 0 saturated carbocycles. The lowest BCUT2D eigenvalue weighted by Gasteiger charge is -2.03. The smallest absolute Gasteiger partial charge is 0.338 e. The van der Waals surface area contributed by atoms with Crippen LogP contribution in [0.4, 0.5) is 0 Å². The first-order chi connectivity index (χ1) is 12.3. The van der Waals surface area contributed by atoms with Gasteiger partial charge in [-0.05, 0) is 23.8 Å². The van der Waals surface area contributed by atoms with Gasteiger partial charge in [0.15, 0.2) is 11.5 Å². The second-order valence-electron chi connectivity index (χ2n) is 5.54. The first-order valence-electron chi connectivity index (χ1n) is 7.78. The monoisotopic (exact) mass is 337 g/mol. The summed E-state index contributed by atoms with van der Waals surface area (Å²) in [6.45, 7) is 0.838. The second-order valence-corrected chi connectivity index (χ2v) is 5.54. The number of carbonyl (C=O) groups is 1. The molecule has 0 saturated heterocycles. The zero-order chi connectivity index (χ0) is 17.1. The third-order valence-corrected chi connectivity index (χ3v) is 3.73. The number of hydrogen-bond donors (Lipinski definition) is 0. The van der Waals surface area contributed by atoms with Crippen LogP contribution in [-0.2, 0) is 17.9 Å². The Morgan fingerprint density at radius 1 is 1.12 bits per heavy atom. The highest BCUT2D eigenvalue weighted by Crippen LogP contribution is 2.32. The summed E-state index contributed by atoms with van der Waals surface area (Å²) < 4.78 is 17.5. The molecule has 7 heteroatoms. The van der Waals surface area contributed by atoms with Crippen molar-refractivity contribution in [3.8, 4) is 11.5 Å². The van der Waals surface area contributed by atoms with Gasteiger partial charge in [-0.1, -0.05) is 35.5 Å². The van der Waals surface area contributed by atoms with E-state index >= 15 is 0 Å². The van der Waals surface area contributed by atoms with Gasteiger partial charge in [0.1, 0.15) is 12.3 Å². The first kappa shape index (κ1) is 15.2. The van der Waals surface area contributed by atoms with Gasteiger partial charge in [-0.2, -0.15) is 0 Å². The molecule has 0 unspecified atom stereocenters. The van der Waals surface area contributed by atoms with Gasteiger partial charge in [-0.3, -0.25) is 0 Å². The van der Waals surface area contributed by atoms with Gasteiger partial charge < -0.3 is 14.2 Å². The molecule has 3 aromatic rings. The van der Waals surface area contributed by atoms with Crippen molar-refractivity contribution in [2.24, 2.45) is 0 Å². The molecule has 0 spiro atoms. The van der Waals surface area contributed by atoms with Crippen molar-refractivity contribution in [1.29, 1.82) is 0 Å². The zero-order valence-electron chi connectivity index (χ0n) is 13.3. The minimum Gasteiger partial charge on any atom is -0.455 e. The molecule has 0 aliphatic carbocycles. The van der Waals surface area contributed by atoms with Crippen LogP contribution in [0.15, 0.2) is 54.7 Å². The van der Waals surface area contributed by atoms with Gasteiger partial charge >= 0.3 is 5.97 Å². The van der Waals surface area contributed by atoms with Crippen molar-refractivity contribution < 1.29 is 19.0 Å². The standard InChI is InChI=1S/C18H15N3O4/c22-18(14-6-7-16-17(8-14)25-12-24-16)23-11-15-10-21(20-19-15)9-13-4-2-1-3-5-13/h1-8,10H,9,11-12H2. The lowest BCUT2D eigenvalue weighted by molar-refractivity contribution is 0.0467. The molecule has 1 aliphatic heterocycles. The Balaban J connectivity index is 1.36. The van der Waals surface area contributed by atoms with Gasteiger partial charge in [0, 0.05) is 0 Å². The quantitative estimate of drug-likeness (QED) is 0.666. The Kier molecular flexibility index (Phi) is 4.04.